The molecule has 1 amide bonds. The van der Waals surface area contributed by atoms with E-state index in [9.17, 15) is 4.79 Å². The lowest BCUT2D eigenvalue weighted by Gasteiger charge is -2.23. The Bertz CT molecular complexity index is 389. The third-order valence-electron chi connectivity index (χ3n) is 3.10. The van der Waals surface area contributed by atoms with Gasteiger partial charge in [-0.25, -0.2) is 0 Å². The van der Waals surface area contributed by atoms with Crippen LogP contribution in [0.2, 0.25) is 0 Å². The van der Waals surface area contributed by atoms with Crippen LogP contribution in [0.3, 0.4) is 0 Å². The molecule has 0 saturated heterocycles. The molecule has 0 bridgehead atoms. The second-order valence-electron chi connectivity index (χ2n) is 4.75. The van der Waals surface area contributed by atoms with Crippen molar-refractivity contribution in [3.8, 4) is 0 Å². The van der Waals surface area contributed by atoms with Gasteiger partial charge in [0.2, 0.25) is 5.91 Å². The minimum absolute atomic E-state index is 0.119. The zero-order valence-electron chi connectivity index (χ0n) is 11.4. The van der Waals surface area contributed by atoms with Crippen LogP contribution in [0.4, 0.5) is 0 Å². The Morgan fingerprint density at radius 3 is 2.33 bits per heavy atom. The minimum Gasteiger partial charge on any atom is -0.342 e. The number of hydrogen-bond donors (Lipinski definition) is 1. The Morgan fingerprint density at radius 2 is 1.83 bits per heavy atom. The van der Waals surface area contributed by atoms with E-state index in [4.69, 9.17) is 0 Å². The van der Waals surface area contributed by atoms with Gasteiger partial charge in [-0.3, -0.25) is 4.79 Å². The van der Waals surface area contributed by atoms with Crippen LogP contribution in [0.1, 0.15) is 32.4 Å². The number of benzene rings is 1. The van der Waals surface area contributed by atoms with Crippen molar-refractivity contribution in [2.45, 2.75) is 32.9 Å². The molecule has 18 heavy (non-hydrogen) atoms. The number of halogens is 1. The van der Waals surface area contributed by atoms with E-state index in [2.05, 4.69) is 40.3 Å². The normalized spacial score (nSPS) is 12.6. The zero-order valence-corrected chi connectivity index (χ0v) is 13.0. The molecule has 1 N–H and O–H groups in total. The summed E-state index contributed by atoms with van der Waals surface area (Å²) < 4.78 is 1.06. The number of likely N-dealkylation sites (N-methyl/N-ethyl adjacent to an activating group) is 1. The number of carbonyl (C=O) groups is 1. The number of nitrogens with zero attached hydrogens (tertiary/aromatic N) is 1. The van der Waals surface area contributed by atoms with Gasteiger partial charge in [-0.1, -0.05) is 28.1 Å². The lowest BCUT2D eigenvalue weighted by Crippen LogP contribution is -2.40. The van der Waals surface area contributed by atoms with Crippen molar-refractivity contribution in [1.29, 1.82) is 0 Å². The topological polar surface area (TPSA) is 32.3 Å². The smallest absolute Gasteiger partial charge is 0.236 e. The van der Waals surface area contributed by atoms with Crippen molar-refractivity contribution in [3.63, 3.8) is 0 Å². The lowest BCUT2D eigenvalue weighted by atomic mass is 10.1. The number of amides is 1. The summed E-state index contributed by atoms with van der Waals surface area (Å²) in [4.78, 5) is 13.6. The van der Waals surface area contributed by atoms with E-state index in [0.29, 0.717) is 6.54 Å². The van der Waals surface area contributed by atoms with E-state index in [-0.39, 0.29) is 18.0 Å². The maximum Gasteiger partial charge on any atom is 0.236 e. The monoisotopic (exact) mass is 312 g/mol. The minimum atomic E-state index is 0.119. The summed E-state index contributed by atoms with van der Waals surface area (Å²) in [6.45, 7) is 6.45. The van der Waals surface area contributed by atoms with Crippen LogP contribution in [-0.2, 0) is 4.79 Å². The average molecular weight is 313 g/mol. The van der Waals surface area contributed by atoms with Crippen LogP contribution < -0.4 is 5.32 Å². The first kappa shape index (κ1) is 15.2. The van der Waals surface area contributed by atoms with Gasteiger partial charge in [0.1, 0.15) is 0 Å². The summed E-state index contributed by atoms with van der Waals surface area (Å²) in [6, 6.07) is 8.53. The second kappa shape index (κ2) is 6.90. The van der Waals surface area contributed by atoms with Crippen LogP contribution in [-0.4, -0.2) is 30.4 Å². The first-order valence-corrected chi connectivity index (χ1v) is 6.95. The lowest BCUT2D eigenvalue weighted by molar-refractivity contribution is -0.130. The van der Waals surface area contributed by atoms with Gasteiger partial charge in [0.05, 0.1) is 6.54 Å². The van der Waals surface area contributed by atoms with Crippen molar-refractivity contribution in [2.75, 3.05) is 13.6 Å². The fourth-order valence-electron chi connectivity index (χ4n) is 1.52. The molecule has 0 aliphatic rings. The fraction of sp³-hybridized carbons (Fsp3) is 0.500. The van der Waals surface area contributed by atoms with Crippen LogP contribution in [0.5, 0.6) is 0 Å². The molecular weight excluding hydrogens is 292 g/mol. The van der Waals surface area contributed by atoms with Crippen molar-refractivity contribution in [3.05, 3.63) is 34.3 Å². The van der Waals surface area contributed by atoms with Gasteiger partial charge in [0, 0.05) is 23.6 Å². The molecule has 0 heterocycles. The summed E-state index contributed by atoms with van der Waals surface area (Å²) >= 11 is 3.41. The number of rotatable bonds is 5. The Kier molecular flexibility index (Phi) is 5.82. The number of hydrogen-bond acceptors (Lipinski definition) is 2. The Labute approximate surface area is 118 Å². The summed E-state index contributed by atoms with van der Waals surface area (Å²) in [5.74, 6) is 0.119. The van der Waals surface area contributed by atoms with E-state index in [1.165, 1.54) is 5.56 Å². The highest BCUT2D eigenvalue weighted by Gasteiger charge is 2.13. The average Bonchev–Trinajstić information content (AvgIpc) is 2.35. The van der Waals surface area contributed by atoms with E-state index in [0.717, 1.165) is 4.47 Å². The summed E-state index contributed by atoms with van der Waals surface area (Å²) in [5.41, 5.74) is 1.18. The molecule has 0 saturated carbocycles. The van der Waals surface area contributed by atoms with Gasteiger partial charge < -0.3 is 10.2 Å². The van der Waals surface area contributed by atoms with Crippen LogP contribution in [0.15, 0.2) is 28.7 Å². The third-order valence-corrected chi connectivity index (χ3v) is 3.63. The maximum atomic E-state index is 11.8. The maximum absolute atomic E-state index is 11.8. The molecule has 0 spiro atoms. The van der Waals surface area contributed by atoms with Gasteiger partial charge in [0.25, 0.3) is 0 Å². The first-order valence-electron chi connectivity index (χ1n) is 6.16. The summed E-state index contributed by atoms with van der Waals surface area (Å²) in [5, 5.41) is 3.25. The number of nitrogens with one attached hydrogen (secondary N) is 1. The van der Waals surface area contributed by atoms with E-state index < -0.39 is 0 Å². The second-order valence-corrected chi connectivity index (χ2v) is 5.67. The Balaban J connectivity index is 2.48. The standard InChI is InChI=1S/C14H21BrN2O/c1-10(2)17(4)14(18)9-16-11(3)12-5-7-13(15)8-6-12/h5-8,10-11,16H,9H2,1-4H3/t11-/m0/s1. The molecule has 0 unspecified atom stereocenters. The molecular formula is C14H21BrN2O. The Hall–Kier alpha value is -0.870. The summed E-state index contributed by atoms with van der Waals surface area (Å²) in [7, 11) is 1.83. The molecule has 0 fully saturated rings. The molecule has 0 aliphatic heterocycles. The van der Waals surface area contributed by atoms with Gasteiger partial charge in [-0.2, -0.15) is 0 Å². The first-order chi connectivity index (χ1) is 8.41. The molecule has 100 valence electrons. The van der Waals surface area contributed by atoms with Crippen LogP contribution in [0, 0.1) is 0 Å². The van der Waals surface area contributed by atoms with Crippen molar-refractivity contribution < 1.29 is 4.79 Å². The molecule has 0 radical (unpaired) electrons. The van der Waals surface area contributed by atoms with E-state index in [1.807, 2.05) is 33.0 Å². The van der Waals surface area contributed by atoms with Gasteiger partial charge in [-0.05, 0) is 38.5 Å². The van der Waals surface area contributed by atoms with Crippen LogP contribution in [0.25, 0.3) is 0 Å². The zero-order chi connectivity index (χ0) is 13.7. The van der Waals surface area contributed by atoms with Gasteiger partial charge >= 0.3 is 0 Å². The highest BCUT2D eigenvalue weighted by molar-refractivity contribution is 9.10. The molecule has 0 aliphatic carbocycles. The largest absolute Gasteiger partial charge is 0.342 e. The highest BCUT2D eigenvalue weighted by Crippen LogP contribution is 2.16. The molecule has 4 heteroatoms. The molecule has 1 aromatic carbocycles. The van der Waals surface area contributed by atoms with Crippen molar-refractivity contribution in [1.82, 2.24) is 10.2 Å². The number of carbonyl (C=O) groups excluding carboxylic acids is 1. The fourth-order valence-corrected chi connectivity index (χ4v) is 1.79. The molecule has 3 nitrogen and oxygen atoms in total. The summed E-state index contributed by atoms with van der Waals surface area (Å²) in [6.07, 6.45) is 0. The molecule has 0 aromatic heterocycles. The predicted molar refractivity (Wildman–Crippen MR) is 78.5 cm³/mol. The molecule has 1 atom stereocenters. The van der Waals surface area contributed by atoms with Crippen molar-refractivity contribution in [2.24, 2.45) is 0 Å². The van der Waals surface area contributed by atoms with Gasteiger partial charge in [0.15, 0.2) is 0 Å². The van der Waals surface area contributed by atoms with Crippen LogP contribution >= 0.6 is 15.9 Å². The van der Waals surface area contributed by atoms with E-state index >= 15 is 0 Å². The molecule has 1 rings (SSSR count). The highest BCUT2D eigenvalue weighted by atomic mass is 79.9. The quantitative estimate of drug-likeness (QED) is 0.906. The third kappa shape index (κ3) is 4.42. The van der Waals surface area contributed by atoms with Gasteiger partial charge in [-0.15, -0.1) is 0 Å². The predicted octanol–water partition coefficient (Wildman–Crippen LogP) is 2.97. The Morgan fingerprint density at radius 1 is 1.28 bits per heavy atom. The van der Waals surface area contributed by atoms with Crippen molar-refractivity contribution >= 4 is 21.8 Å². The van der Waals surface area contributed by atoms with E-state index in [1.54, 1.807) is 4.90 Å². The SMILES string of the molecule is CC(C)N(C)C(=O)CN[C@@H](C)c1ccc(Br)cc1. The molecule has 1 aromatic rings.